The molecule has 90 valence electrons. The summed E-state index contributed by atoms with van der Waals surface area (Å²) in [7, 11) is 2.00. The molecule has 0 aliphatic carbocycles. The van der Waals surface area contributed by atoms with Crippen LogP contribution in [0.25, 0.3) is 0 Å². The number of hydrogen-bond donors (Lipinski definition) is 1. The minimum absolute atomic E-state index is 0.307. The van der Waals surface area contributed by atoms with Gasteiger partial charge in [-0.2, -0.15) is 0 Å². The van der Waals surface area contributed by atoms with Crippen molar-refractivity contribution >= 4 is 11.3 Å². The van der Waals surface area contributed by atoms with Gasteiger partial charge >= 0.3 is 0 Å². The first-order valence-electron chi connectivity index (χ1n) is 5.82. The molecule has 2 aromatic rings. The maximum atomic E-state index is 4.39. The third kappa shape index (κ3) is 2.93. The van der Waals surface area contributed by atoms with E-state index in [9.17, 15) is 0 Å². The molecule has 0 saturated carbocycles. The van der Waals surface area contributed by atoms with Gasteiger partial charge in [0.15, 0.2) is 0 Å². The Kier molecular flexibility index (Phi) is 3.92. The van der Waals surface area contributed by atoms with Gasteiger partial charge in [0, 0.05) is 5.38 Å². The molecule has 0 amide bonds. The van der Waals surface area contributed by atoms with Crippen LogP contribution in [0.3, 0.4) is 0 Å². The van der Waals surface area contributed by atoms with Crippen LogP contribution in [0.4, 0.5) is 0 Å². The average Bonchev–Trinajstić information content (AvgIpc) is 2.84. The van der Waals surface area contributed by atoms with Crippen LogP contribution < -0.4 is 5.32 Å². The Morgan fingerprint density at radius 1 is 1.35 bits per heavy atom. The van der Waals surface area contributed by atoms with Crippen LogP contribution in [0.2, 0.25) is 0 Å². The van der Waals surface area contributed by atoms with Crippen molar-refractivity contribution in [2.45, 2.75) is 26.3 Å². The summed E-state index contributed by atoms with van der Waals surface area (Å²) in [5.74, 6) is 0. The second-order valence-corrected chi connectivity index (χ2v) is 5.11. The quantitative estimate of drug-likeness (QED) is 0.895. The van der Waals surface area contributed by atoms with Crippen molar-refractivity contribution < 1.29 is 0 Å². The van der Waals surface area contributed by atoms with Gasteiger partial charge in [-0.05, 0) is 38.4 Å². The van der Waals surface area contributed by atoms with Gasteiger partial charge in [-0.15, -0.1) is 11.3 Å². The van der Waals surface area contributed by atoms with Crippen LogP contribution >= 0.6 is 11.3 Å². The Hall–Kier alpha value is -1.19. The van der Waals surface area contributed by atoms with E-state index in [-0.39, 0.29) is 0 Å². The molecule has 1 aromatic heterocycles. The Balaban J connectivity index is 2.21. The predicted molar refractivity (Wildman–Crippen MR) is 73.5 cm³/mol. The molecule has 0 spiro atoms. The zero-order chi connectivity index (χ0) is 12.3. The van der Waals surface area contributed by atoms with Crippen LogP contribution in [0.5, 0.6) is 0 Å². The molecule has 0 aliphatic rings. The highest BCUT2D eigenvalue weighted by Gasteiger charge is 2.13. The van der Waals surface area contributed by atoms with E-state index in [1.54, 1.807) is 11.3 Å². The Bertz CT molecular complexity index is 477. The highest BCUT2D eigenvalue weighted by atomic mass is 32.1. The van der Waals surface area contributed by atoms with E-state index >= 15 is 0 Å². The van der Waals surface area contributed by atoms with Crippen LogP contribution in [-0.4, -0.2) is 12.0 Å². The molecule has 0 aliphatic heterocycles. The molecule has 3 heteroatoms. The summed E-state index contributed by atoms with van der Waals surface area (Å²) < 4.78 is 0. The third-order valence-corrected chi connectivity index (χ3v) is 3.69. The fraction of sp³-hybridized carbons (Fsp3) is 0.357. The first-order chi connectivity index (χ1) is 8.20. The van der Waals surface area contributed by atoms with E-state index in [1.807, 2.05) is 12.6 Å². The highest BCUT2D eigenvalue weighted by Crippen LogP contribution is 2.21. The summed E-state index contributed by atoms with van der Waals surface area (Å²) in [5, 5.41) is 5.46. The number of aromatic nitrogens is 1. The normalized spacial score (nSPS) is 12.6. The smallest absolute Gasteiger partial charge is 0.0795 e. The van der Waals surface area contributed by atoms with E-state index < -0.39 is 0 Å². The van der Waals surface area contributed by atoms with E-state index in [0.29, 0.717) is 6.04 Å². The lowest BCUT2D eigenvalue weighted by molar-refractivity contribution is 0.577. The van der Waals surface area contributed by atoms with Gasteiger partial charge in [0.1, 0.15) is 0 Å². The molecule has 2 rings (SSSR count). The minimum atomic E-state index is 0.307. The van der Waals surface area contributed by atoms with Crippen LogP contribution in [-0.2, 0) is 6.42 Å². The maximum absolute atomic E-state index is 4.39. The van der Waals surface area contributed by atoms with Crippen molar-refractivity contribution in [3.05, 3.63) is 51.5 Å². The molecule has 2 nitrogen and oxygen atoms in total. The Morgan fingerprint density at radius 2 is 2.18 bits per heavy atom. The summed E-state index contributed by atoms with van der Waals surface area (Å²) in [6, 6.07) is 6.93. The summed E-state index contributed by atoms with van der Waals surface area (Å²) in [4.78, 5) is 4.39. The summed E-state index contributed by atoms with van der Waals surface area (Å²) in [5.41, 5.74) is 7.10. The number of aryl methyl sites for hydroxylation is 2. The van der Waals surface area contributed by atoms with Crippen molar-refractivity contribution in [1.82, 2.24) is 10.3 Å². The molecule has 1 heterocycles. The van der Waals surface area contributed by atoms with Gasteiger partial charge in [0.2, 0.25) is 0 Å². The highest BCUT2D eigenvalue weighted by molar-refractivity contribution is 7.07. The molecule has 1 N–H and O–H groups in total. The number of likely N-dealkylation sites (N-methyl/N-ethyl adjacent to an activating group) is 1. The van der Waals surface area contributed by atoms with Gasteiger partial charge < -0.3 is 5.32 Å². The fourth-order valence-electron chi connectivity index (χ4n) is 1.99. The van der Waals surface area contributed by atoms with E-state index in [4.69, 9.17) is 0 Å². The molecule has 1 unspecified atom stereocenters. The number of hydrogen-bond acceptors (Lipinski definition) is 3. The standard InChI is InChI=1S/C14H18N2S/c1-10-4-5-11(2)12(6-10)7-13(15-3)14-8-17-9-16-14/h4-6,8-9,13,15H,7H2,1-3H3. The molecular formula is C14H18N2S. The average molecular weight is 246 g/mol. The molecule has 0 fully saturated rings. The van der Waals surface area contributed by atoms with Gasteiger partial charge in [-0.1, -0.05) is 23.8 Å². The van der Waals surface area contributed by atoms with E-state index in [1.165, 1.54) is 16.7 Å². The topological polar surface area (TPSA) is 24.9 Å². The van der Waals surface area contributed by atoms with Crippen molar-refractivity contribution in [1.29, 1.82) is 0 Å². The van der Waals surface area contributed by atoms with Crippen LogP contribution in [0.1, 0.15) is 28.4 Å². The largest absolute Gasteiger partial charge is 0.311 e. The van der Waals surface area contributed by atoms with Gasteiger partial charge in [-0.25, -0.2) is 4.98 Å². The van der Waals surface area contributed by atoms with Crippen molar-refractivity contribution in [3.63, 3.8) is 0 Å². The fourth-order valence-corrected chi connectivity index (χ4v) is 2.60. The monoisotopic (exact) mass is 246 g/mol. The van der Waals surface area contributed by atoms with Crippen molar-refractivity contribution in [2.75, 3.05) is 7.05 Å². The number of thiazole rings is 1. The SMILES string of the molecule is CNC(Cc1cc(C)ccc1C)c1cscn1. The van der Waals surface area contributed by atoms with Crippen LogP contribution in [0, 0.1) is 13.8 Å². The zero-order valence-corrected chi connectivity index (χ0v) is 11.3. The molecule has 1 atom stereocenters. The number of benzene rings is 1. The lowest BCUT2D eigenvalue weighted by atomic mass is 9.98. The second kappa shape index (κ2) is 5.43. The lowest BCUT2D eigenvalue weighted by Gasteiger charge is -2.16. The molecule has 1 aromatic carbocycles. The summed E-state index contributed by atoms with van der Waals surface area (Å²) in [6.07, 6.45) is 0.994. The van der Waals surface area contributed by atoms with Gasteiger partial charge in [0.05, 0.1) is 17.2 Å². The molecular weight excluding hydrogens is 228 g/mol. The van der Waals surface area contributed by atoms with Gasteiger partial charge in [0.25, 0.3) is 0 Å². The van der Waals surface area contributed by atoms with Crippen molar-refractivity contribution in [3.8, 4) is 0 Å². The summed E-state index contributed by atoms with van der Waals surface area (Å²) in [6.45, 7) is 4.31. The van der Waals surface area contributed by atoms with E-state index in [2.05, 4.69) is 47.7 Å². The first-order valence-corrected chi connectivity index (χ1v) is 6.76. The van der Waals surface area contributed by atoms with Crippen molar-refractivity contribution in [2.24, 2.45) is 0 Å². The summed E-state index contributed by atoms with van der Waals surface area (Å²) >= 11 is 1.65. The number of rotatable bonds is 4. The molecule has 0 bridgehead atoms. The molecule has 0 radical (unpaired) electrons. The zero-order valence-electron chi connectivity index (χ0n) is 10.5. The Morgan fingerprint density at radius 3 is 2.82 bits per heavy atom. The minimum Gasteiger partial charge on any atom is -0.311 e. The first kappa shape index (κ1) is 12.3. The maximum Gasteiger partial charge on any atom is 0.0795 e. The second-order valence-electron chi connectivity index (χ2n) is 4.39. The van der Waals surface area contributed by atoms with Gasteiger partial charge in [-0.3, -0.25) is 0 Å². The molecule has 0 saturated heterocycles. The predicted octanol–water partition coefficient (Wildman–Crippen LogP) is 3.26. The number of nitrogens with zero attached hydrogens (tertiary/aromatic N) is 1. The lowest BCUT2D eigenvalue weighted by Crippen LogP contribution is -2.19. The van der Waals surface area contributed by atoms with E-state index in [0.717, 1.165) is 12.1 Å². The molecule has 17 heavy (non-hydrogen) atoms. The number of nitrogens with one attached hydrogen (secondary N) is 1. The van der Waals surface area contributed by atoms with Crippen LogP contribution in [0.15, 0.2) is 29.1 Å². The third-order valence-electron chi connectivity index (χ3n) is 3.09. The Labute approximate surface area is 107 Å².